The van der Waals surface area contributed by atoms with Crippen molar-refractivity contribution in [3.8, 4) is 11.5 Å². The average molecular weight is 354 g/mol. The zero-order chi connectivity index (χ0) is 17.2. The van der Waals surface area contributed by atoms with Gasteiger partial charge < -0.3 is 14.4 Å². The molecule has 7 heteroatoms. The van der Waals surface area contributed by atoms with E-state index >= 15 is 0 Å². The Hall–Kier alpha value is -1.31. The second-order valence-electron chi connectivity index (χ2n) is 6.40. The lowest BCUT2D eigenvalue weighted by Gasteiger charge is -2.36. The molecule has 1 aromatic rings. The fourth-order valence-corrected chi connectivity index (χ4v) is 4.80. The maximum absolute atomic E-state index is 12.9. The van der Waals surface area contributed by atoms with Crippen molar-refractivity contribution in [3.63, 3.8) is 0 Å². The summed E-state index contributed by atoms with van der Waals surface area (Å²) in [7, 11) is -1.84. The van der Waals surface area contributed by atoms with E-state index < -0.39 is 10.0 Å². The standard InChI is InChI=1S/C17H26N2O4S/c1-3-8-19-9-6-14(7-10-19)18(2)24(20,21)15-4-5-16-17(13-15)23-12-11-22-16/h4-5,13-14H,3,6-12H2,1-2H3. The molecule has 0 amide bonds. The molecule has 2 aliphatic rings. The van der Waals surface area contributed by atoms with Crippen molar-refractivity contribution in [2.45, 2.75) is 37.1 Å². The summed E-state index contributed by atoms with van der Waals surface area (Å²) >= 11 is 0. The smallest absolute Gasteiger partial charge is 0.243 e. The minimum atomic E-state index is -3.52. The minimum absolute atomic E-state index is 0.0521. The summed E-state index contributed by atoms with van der Waals surface area (Å²) in [6.07, 6.45) is 2.89. The molecular formula is C17H26N2O4S. The predicted molar refractivity (Wildman–Crippen MR) is 92.1 cm³/mol. The molecule has 6 nitrogen and oxygen atoms in total. The first-order chi connectivity index (χ1) is 11.5. The lowest BCUT2D eigenvalue weighted by atomic mass is 10.1. The van der Waals surface area contributed by atoms with Crippen molar-refractivity contribution in [2.75, 3.05) is 39.9 Å². The van der Waals surface area contributed by atoms with E-state index in [1.807, 2.05) is 0 Å². The van der Waals surface area contributed by atoms with Crippen molar-refractivity contribution >= 4 is 10.0 Å². The Morgan fingerprint density at radius 1 is 1.17 bits per heavy atom. The third-order valence-electron chi connectivity index (χ3n) is 4.80. The van der Waals surface area contributed by atoms with Crippen LogP contribution in [0, 0.1) is 0 Å². The van der Waals surface area contributed by atoms with Gasteiger partial charge in [-0.3, -0.25) is 0 Å². The van der Waals surface area contributed by atoms with Crippen LogP contribution in [0.4, 0.5) is 0 Å². The van der Waals surface area contributed by atoms with Crippen LogP contribution in [0.15, 0.2) is 23.1 Å². The van der Waals surface area contributed by atoms with Gasteiger partial charge in [-0.25, -0.2) is 8.42 Å². The maximum atomic E-state index is 12.9. The van der Waals surface area contributed by atoms with Crippen molar-refractivity contribution < 1.29 is 17.9 Å². The zero-order valence-electron chi connectivity index (χ0n) is 14.4. The maximum Gasteiger partial charge on any atom is 0.243 e. The molecule has 2 aliphatic heterocycles. The molecule has 0 aromatic heterocycles. The van der Waals surface area contributed by atoms with E-state index in [-0.39, 0.29) is 10.9 Å². The number of piperidine rings is 1. The molecule has 0 saturated carbocycles. The summed E-state index contributed by atoms with van der Waals surface area (Å²) in [4.78, 5) is 2.67. The van der Waals surface area contributed by atoms with Gasteiger partial charge >= 0.3 is 0 Å². The average Bonchev–Trinajstić information content (AvgIpc) is 2.61. The van der Waals surface area contributed by atoms with Crippen LogP contribution in [0.1, 0.15) is 26.2 Å². The number of hydrogen-bond acceptors (Lipinski definition) is 5. The molecule has 3 rings (SSSR count). The second-order valence-corrected chi connectivity index (χ2v) is 8.40. The predicted octanol–water partition coefficient (Wildman–Crippen LogP) is 1.95. The SMILES string of the molecule is CCCN1CCC(N(C)S(=O)(=O)c2ccc3c(c2)OCCO3)CC1. The van der Waals surface area contributed by atoms with E-state index in [2.05, 4.69) is 11.8 Å². The zero-order valence-corrected chi connectivity index (χ0v) is 15.2. The minimum Gasteiger partial charge on any atom is -0.486 e. The topological polar surface area (TPSA) is 59.1 Å². The highest BCUT2D eigenvalue weighted by Gasteiger charge is 2.31. The number of ether oxygens (including phenoxy) is 2. The first-order valence-electron chi connectivity index (χ1n) is 8.62. The van der Waals surface area contributed by atoms with Gasteiger partial charge in [-0.05, 0) is 51.0 Å². The Kier molecular flexibility index (Phi) is 5.32. The van der Waals surface area contributed by atoms with Crippen molar-refractivity contribution in [3.05, 3.63) is 18.2 Å². The highest BCUT2D eigenvalue weighted by atomic mass is 32.2. The van der Waals surface area contributed by atoms with Crippen molar-refractivity contribution in [1.82, 2.24) is 9.21 Å². The molecule has 134 valence electrons. The monoisotopic (exact) mass is 354 g/mol. The van der Waals surface area contributed by atoms with E-state index in [1.54, 1.807) is 25.2 Å². The highest BCUT2D eigenvalue weighted by molar-refractivity contribution is 7.89. The summed E-state index contributed by atoms with van der Waals surface area (Å²) < 4.78 is 38.4. The van der Waals surface area contributed by atoms with Gasteiger partial charge in [-0.1, -0.05) is 6.92 Å². The van der Waals surface area contributed by atoms with Crippen LogP contribution >= 0.6 is 0 Å². The van der Waals surface area contributed by atoms with Gasteiger partial charge in [0.25, 0.3) is 0 Å². The molecule has 0 bridgehead atoms. The van der Waals surface area contributed by atoms with Crippen LogP contribution < -0.4 is 9.47 Å². The van der Waals surface area contributed by atoms with E-state index in [9.17, 15) is 8.42 Å². The number of sulfonamides is 1. The van der Waals surface area contributed by atoms with Crippen LogP contribution in [0.3, 0.4) is 0 Å². The molecule has 2 heterocycles. The first kappa shape index (κ1) is 17.5. The third-order valence-corrected chi connectivity index (χ3v) is 6.71. The number of hydrogen-bond donors (Lipinski definition) is 0. The fourth-order valence-electron chi connectivity index (χ4n) is 3.37. The van der Waals surface area contributed by atoms with Gasteiger partial charge in [0.2, 0.25) is 10.0 Å². The molecular weight excluding hydrogens is 328 g/mol. The lowest BCUT2D eigenvalue weighted by Crippen LogP contribution is -2.45. The van der Waals surface area contributed by atoms with Crippen molar-refractivity contribution in [2.24, 2.45) is 0 Å². The van der Waals surface area contributed by atoms with Crippen LogP contribution in [-0.2, 0) is 10.0 Å². The van der Waals surface area contributed by atoms with Gasteiger partial charge in [0.1, 0.15) is 13.2 Å². The number of fused-ring (bicyclic) bond motifs is 1. The van der Waals surface area contributed by atoms with Gasteiger partial charge in [-0.15, -0.1) is 0 Å². The molecule has 0 N–H and O–H groups in total. The summed E-state index contributed by atoms with van der Waals surface area (Å²) in [5.74, 6) is 1.12. The first-order valence-corrected chi connectivity index (χ1v) is 10.1. The van der Waals surface area contributed by atoms with E-state index in [4.69, 9.17) is 9.47 Å². The van der Waals surface area contributed by atoms with E-state index in [1.165, 1.54) is 4.31 Å². The van der Waals surface area contributed by atoms with Gasteiger partial charge in [0, 0.05) is 19.2 Å². The summed E-state index contributed by atoms with van der Waals surface area (Å²) in [5.41, 5.74) is 0. The molecule has 0 spiro atoms. The highest BCUT2D eigenvalue weighted by Crippen LogP contribution is 2.33. The number of benzene rings is 1. The van der Waals surface area contributed by atoms with Crippen LogP contribution in [0.25, 0.3) is 0 Å². The normalized spacial score (nSPS) is 19.6. The van der Waals surface area contributed by atoms with Crippen molar-refractivity contribution in [1.29, 1.82) is 0 Å². The Morgan fingerprint density at radius 3 is 2.50 bits per heavy atom. The molecule has 0 aliphatic carbocycles. The Labute approximate surface area is 144 Å². The molecule has 0 unspecified atom stereocenters. The van der Waals surface area contributed by atoms with Gasteiger partial charge in [-0.2, -0.15) is 4.31 Å². The fraction of sp³-hybridized carbons (Fsp3) is 0.647. The third kappa shape index (κ3) is 3.53. The van der Waals surface area contributed by atoms with Crippen LogP contribution in [0.5, 0.6) is 11.5 Å². The molecule has 24 heavy (non-hydrogen) atoms. The summed E-state index contributed by atoms with van der Waals surface area (Å²) in [5, 5.41) is 0. The summed E-state index contributed by atoms with van der Waals surface area (Å²) in [6.45, 7) is 6.12. The number of likely N-dealkylation sites (tertiary alicyclic amines) is 1. The van der Waals surface area contributed by atoms with E-state index in [0.29, 0.717) is 24.7 Å². The largest absolute Gasteiger partial charge is 0.486 e. The lowest BCUT2D eigenvalue weighted by molar-refractivity contribution is 0.169. The summed E-state index contributed by atoms with van der Waals surface area (Å²) in [6, 6.07) is 4.91. The van der Waals surface area contributed by atoms with Crippen LogP contribution in [0.2, 0.25) is 0 Å². The molecule has 1 fully saturated rings. The van der Waals surface area contributed by atoms with E-state index in [0.717, 1.165) is 38.9 Å². The Bertz CT molecular complexity index is 669. The molecule has 0 atom stereocenters. The quantitative estimate of drug-likeness (QED) is 0.809. The molecule has 0 radical (unpaired) electrons. The number of nitrogens with zero attached hydrogens (tertiary/aromatic N) is 2. The molecule has 1 aromatic carbocycles. The number of rotatable bonds is 5. The molecule has 1 saturated heterocycles. The Morgan fingerprint density at radius 2 is 1.83 bits per heavy atom. The van der Waals surface area contributed by atoms with Gasteiger partial charge in [0.15, 0.2) is 11.5 Å². The second kappa shape index (κ2) is 7.29. The Balaban J connectivity index is 1.73. The van der Waals surface area contributed by atoms with Crippen LogP contribution in [-0.4, -0.2) is 63.6 Å². The van der Waals surface area contributed by atoms with Gasteiger partial charge in [0.05, 0.1) is 4.90 Å².